The molecule has 178 valence electrons. The Hall–Kier alpha value is -3.84. The number of aryl methyl sites for hydroxylation is 1. The first kappa shape index (κ1) is 25.8. The van der Waals surface area contributed by atoms with Gasteiger partial charge in [0, 0.05) is 5.69 Å². The Kier molecular flexibility index (Phi) is 8.86. The van der Waals surface area contributed by atoms with Crippen molar-refractivity contribution in [1.82, 2.24) is 0 Å². The van der Waals surface area contributed by atoms with E-state index in [-0.39, 0.29) is 18.1 Å². The number of carboxylic acids is 1. The lowest BCUT2D eigenvalue weighted by Crippen LogP contribution is -2.20. The second kappa shape index (κ2) is 12.0. The summed E-state index contributed by atoms with van der Waals surface area (Å²) >= 11 is 2.10. The van der Waals surface area contributed by atoms with Gasteiger partial charge in [0.05, 0.1) is 27.4 Å². The van der Waals surface area contributed by atoms with Crippen molar-refractivity contribution in [3.8, 4) is 17.6 Å². The molecule has 8 heteroatoms. The molecule has 0 aliphatic carbocycles. The van der Waals surface area contributed by atoms with E-state index in [0.717, 1.165) is 5.56 Å². The first-order valence-corrected chi connectivity index (χ1v) is 11.8. The smallest absolute Gasteiger partial charge is 0.335 e. The van der Waals surface area contributed by atoms with E-state index in [4.69, 9.17) is 14.6 Å². The van der Waals surface area contributed by atoms with Crippen LogP contribution in [-0.2, 0) is 4.79 Å². The van der Waals surface area contributed by atoms with Crippen LogP contribution >= 0.6 is 22.6 Å². The van der Waals surface area contributed by atoms with Crippen LogP contribution in [-0.4, -0.2) is 30.2 Å². The van der Waals surface area contributed by atoms with Gasteiger partial charge < -0.3 is 19.9 Å². The molecule has 3 rings (SSSR count). The Bertz CT molecular complexity index is 1290. The van der Waals surface area contributed by atoms with Gasteiger partial charge in [0.25, 0.3) is 5.91 Å². The zero-order valence-electron chi connectivity index (χ0n) is 19.2. The Morgan fingerprint density at radius 3 is 2.31 bits per heavy atom. The van der Waals surface area contributed by atoms with Gasteiger partial charge in [0.1, 0.15) is 0 Å². The molecule has 0 saturated heterocycles. The minimum absolute atomic E-state index is 0.145. The Balaban J connectivity index is 1.81. The van der Waals surface area contributed by atoms with Gasteiger partial charge in [-0.05, 0) is 90.0 Å². The number of carboxylic acid groups (broad SMARTS) is 1. The normalized spacial score (nSPS) is 10.9. The Morgan fingerprint density at radius 2 is 1.71 bits per heavy atom. The maximum atomic E-state index is 12.4. The van der Waals surface area contributed by atoms with E-state index in [1.807, 2.05) is 44.2 Å². The number of nitrogens with one attached hydrogen (secondary N) is 1. The molecule has 0 fully saturated rings. The van der Waals surface area contributed by atoms with E-state index in [9.17, 15) is 14.9 Å². The predicted molar refractivity (Wildman–Crippen MR) is 143 cm³/mol. The number of benzene rings is 3. The molecule has 0 saturated carbocycles. The first-order valence-electron chi connectivity index (χ1n) is 10.7. The van der Waals surface area contributed by atoms with Crippen molar-refractivity contribution in [2.75, 3.05) is 18.5 Å². The van der Waals surface area contributed by atoms with E-state index in [0.29, 0.717) is 44.1 Å². The third kappa shape index (κ3) is 7.07. The summed E-state index contributed by atoms with van der Waals surface area (Å²) in [6.45, 7) is 4.00. The summed E-state index contributed by atoms with van der Waals surface area (Å²) in [5, 5.41) is 21.5. The zero-order chi connectivity index (χ0) is 25.4. The minimum Gasteiger partial charge on any atom is -0.490 e. The van der Waals surface area contributed by atoms with Gasteiger partial charge in [0.15, 0.2) is 18.1 Å². The summed E-state index contributed by atoms with van der Waals surface area (Å²) in [6.07, 6.45) is 1.69. The zero-order valence-corrected chi connectivity index (χ0v) is 21.3. The average molecular weight is 582 g/mol. The maximum absolute atomic E-state index is 12.4. The highest BCUT2D eigenvalue weighted by atomic mass is 127. The number of nitrogens with zero attached hydrogens (tertiary/aromatic N) is 1. The lowest BCUT2D eigenvalue weighted by molar-refractivity contribution is -0.118. The molecule has 7 nitrogen and oxygen atoms in total. The average Bonchev–Trinajstić information content (AvgIpc) is 2.83. The summed E-state index contributed by atoms with van der Waals surface area (Å²) in [5.74, 6) is -0.439. The quantitative estimate of drug-likeness (QED) is 0.188. The van der Waals surface area contributed by atoms with Crippen LogP contribution in [0.1, 0.15) is 34.0 Å². The van der Waals surface area contributed by atoms with Crippen molar-refractivity contribution in [2.24, 2.45) is 0 Å². The number of halogens is 1. The number of nitriles is 1. The van der Waals surface area contributed by atoms with Gasteiger partial charge in [-0.3, -0.25) is 4.79 Å². The fourth-order valence-electron chi connectivity index (χ4n) is 3.19. The third-order valence-electron chi connectivity index (χ3n) is 4.89. The van der Waals surface area contributed by atoms with Gasteiger partial charge in [-0.15, -0.1) is 0 Å². The van der Waals surface area contributed by atoms with Crippen LogP contribution in [0.4, 0.5) is 5.69 Å². The lowest BCUT2D eigenvalue weighted by Gasteiger charge is -2.15. The fourth-order valence-corrected chi connectivity index (χ4v) is 3.97. The van der Waals surface area contributed by atoms with Crippen molar-refractivity contribution in [3.63, 3.8) is 0 Å². The molecule has 3 aromatic carbocycles. The highest BCUT2D eigenvalue weighted by Gasteiger charge is 2.15. The van der Waals surface area contributed by atoms with Crippen molar-refractivity contribution in [3.05, 3.63) is 86.5 Å². The molecule has 0 unspecified atom stereocenters. The number of anilines is 1. The molecule has 1 amide bonds. The molecule has 0 bridgehead atoms. The van der Waals surface area contributed by atoms with Crippen LogP contribution in [0.15, 0.2) is 60.7 Å². The monoisotopic (exact) mass is 582 g/mol. The van der Waals surface area contributed by atoms with Gasteiger partial charge in [-0.2, -0.15) is 5.26 Å². The minimum atomic E-state index is -1.03. The van der Waals surface area contributed by atoms with Crippen molar-refractivity contribution < 1.29 is 24.2 Å². The number of amides is 1. The molecule has 0 aliphatic heterocycles. The van der Waals surface area contributed by atoms with Crippen molar-refractivity contribution in [2.45, 2.75) is 13.8 Å². The number of hydrogen-bond donors (Lipinski definition) is 2. The van der Waals surface area contributed by atoms with E-state index in [1.165, 1.54) is 12.1 Å². The number of allylic oxidation sites excluding steroid dienone is 1. The molecule has 0 atom stereocenters. The standard InChI is InChI=1S/C27H23IN2O5/c1-3-34-24-14-18(12-21(15-29)19-6-8-20(9-7-19)27(32)33)13-23(28)26(24)35-16-25(31)30-22-10-4-17(2)5-11-22/h4-14H,3,16H2,1-2H3,(H,30,31)(H,32,33)/b21-12-. The second-order valence-corrected chi connectivity index (χ2v) is 8.68. The summed E-state index contributed by atoms with van der Waals surface area (Å²) < 4.78 is 12.3. The maximum Gasteiger partial charge on any atom is 0.335 e. The molecular formula is C27H23IN2O5. The van der Waals surface area contributed by atoms with Gasteiger partial charge in [-0.1, -0.05) is 29.8 Å². The molecule has 0 spiro atoms. The van der Waals surface area contributed by atoms with Crippen LogP contribution in [0.2, 0.25) is 0 Å². The van der Waals surface area contributed by atoms with E-state index < -0.39 is 5.97 Å². The second-order valence-electron chi connectivity index (χ2n) is 7.52. The van der Waals surface area contributed by atoms with E-state index in [2.05, 4.69) is 34.0 Å². The SMILES string of the molecule is CCOc1cc(/C=C(/C#N)c2ccc(C(=O)O)cc2)cc(I)c1OCC(=O)Nc1ccc(C)cc1. The van der Waals surface area contributed by atoms with Crippen LogP contribution in [0, 0.1) is 21.8 Å². The lowest BCUT2D eigenvalue weighted by atomic mass is 10.0. The number of aromatic carboxylic acids is 1. The van der Waals surface area contributed by atoms with Gasteiger partial charge in [-0.25, -0.2) is 4.79 Å². The number of ether oxygens (including phenoxy) is 2. The Morgan fingerprint density at radius 1 is 1.06 bits per heavy atom. The number of carbonyl (C=O) groups is 2. The highest BCUT2D eigenvalue weighted by molar-refractivity contribution is 14.1. The van der Waals surface area contributed by atoms with Crippen molar-refractivity contribution >= 4 is 51.8 Å². The molecule has 35 heavy (non-hydrogen) atoms. The summed E-state index contributed by atoms with van der Waals surface area (Å²) in [5.41, 5.74) is 3.59. The van der Waals surface area contributed by atoms with Crippen LogP contribution in [0.25, 0.3) is 11.6 Å². The molecule has 0 aromatic heterocycles. The third-order valence-corrected chi connectivity index (χ3v) is 5.69. The molecule has 0 aliphatic rings. The largest absolute Gasteiger partial charge is 0.490 e. The molecular weight excluding hydrogens is 559 g/mol. The fraction of sp³-hybridized carbons (Fsp3) is 0.148. The van der Waals surface area contributed by atoms with E-state index >= 15 is 0 Å². The molecule has 2 N–H and O–H groups in total. The summed E-state index contributed by atoms with van der Waals surface area (Å²) in [4.78, 5) is 23.4. The predicted octanol–water partition coefficient (Wildman–Crippen LogP) is 5.78. The van der Waals surface area contributed by atoms with Crippen molar-refractivity contribution in [1.29, 1.82) is 5.26 Å². The number of carbonyl (C=O) groups excluding carboxylic acids is 1. The number of hydrogen-bond acceptors (Lipinski definition) is 5. The Labute approximate surface area is 217 Å². The molecule has 0 heterocycles. The van der Waals surface area contributed by atoms with Gasteiger partial charge >= 0.3 is 5.97 Å². The topological polar surface area (TPSA) is 109 Å². The summed E-state index contributed by atoms with van der Waals surface area (Å²) in [7, 11) is 0. The van der Waals surface area contributed by atoms with Crippen LogP contribution in [0.5, 0.6) is 11.5 Å². The highest BCUT2D eigenvalue weighted by Crippen LogP contribution is 2.35. The van der Waals surface area contributed by atoms with Gasteiger partial charge in [0.2, 0.25) is 0 Å². The van der Waals surface area contributed by atoms with Crippen LogP contribution < -0.4 is 14.8 Å². The number of rotatable bonds is 9. The first-order chi connectivity index (χ1) is 16.8. The molecule has 3 aromatic rings. The van der Waals surface area contributed by atoms with Crippen LogP contribution in [0.3, 0.4) is 0 Å². The summed E-state index contributed by atoms with van der Waals surface area (Å²) in [6, 6.07) is 19.3. The van der Waals surface area contributed by atoms with E-state index in [1.54, 1.807) is 24.3 Å². The molecule has 0 radical (unpaired) electrons.